The summed E-state index contributed by atoms with van der Waals surface area (Å²) < 4.78 is 33.6. The van der Waals surface area contributed by atoms with Gasteiger partial charge in [-0.3, -0.25) is 35.1 Å². The van der Waals surface area contributed by atoms with Gasteiger partial charge in [0.1, 0.15) is 11.9 Å². The Bertz CT molecular complexity index is 2350. The molecule has 314 valence electrons. The van der Waals surface area contributed by atoms with Crippen LogP contribution in [0.2, 0.25) is 5.02 Å². The molecule has 10 rings (SSSR count). The van der Waals surface area contributed by atoms with Gasteiger partial charge in [-0.15, -0.1) is 0 Å². The van der Waals surface area contributed by atoms with E-state index in [4.69, 9.17) is 22.3 Å². The van der Waals surface area contributed by atoms with Crippen molar-refractivity contribution in [3.63, 3.8) is 0 Å². The van der Waals surface area contributed by atoms with Crippen LogP contribution < -0.4 is 31.6 Å². The fourth-order valence-electron chi connectivity index (χ4n) is 9.41. The van der Waals surface area contributed by atoms with Crippen molar-refractivity contribution >= 4 is 46.5 Å². The number of alkyl halides is 2. The molecule has 4 aliphatic heterocycles. The smallest absolute Gasteiger partial charge is 0.328 e. The van der Waals surface area contributed by atoms with Crippen LogP contribution in [0.4, 0.5) is 25.0 Å². The Morgan fingerprint density at radius 1 is 1.00 bits per heavy atom. The molecule has 1 atom stereocenters. The number of fused-ring (bicyclic) bond motifs is 2. The van der Waals surface area contributed by atoms with Crippen LogP contribution in [0, 0.1) is 11.3 Å². The first-order chi connectivity index (χ1) is 28.9. The van der Waals surface area contributed by atoms with Crippen LogP contribution in [-0.2, 0) is 23.7 Å². The second kappa shape index (κ2) is 15.8. The van der Waals surface area contributed by atoms with Crippen LogP contribution >= 0.6 is 11.6 Å². The Morgan fingerprint density at radius 2 is 1.78 bits per heavy atom. The van der Waals surface area contributed by atoms with E-state index in [0.717, 1.165) is 73.6 Å². The number of carbonyl (C=O) groups is 3. The number of hydrogen-bond donors (Lipinski definition) is 4. The fourth-order valence-corrected chi connectivity index (χ4v) is 9.63. The van der Waals surface area contributed by atoms with Crippen molar-refractivity contribution in [3.8, 4) is 11.3 Å². The van der Waals surface area contributed by atoms with E-state index in [-0.39, 0.29) is 46.5 Å². The monoisotopic (exact) mass is 838 g/mol. The van der Waals surface area contributed by atoms with E-state index in [0.29, 0.717) is 18.7 Å². The van der Waals surface area contributed by atoms with Gasteiger partial charge in [0.25, 0.3) is 11.8 Å². The molecule has 60 heavy (non-hydrogen) atoms. The molecule has 2 saturated carbocycles. The summed E-state index contributed by atoms with van der Waals surface area (Å²) in [5.74, 6) is -4.26. The number of amides is 4. The molecule has 1 spiro atoms. The quantitative estimate of drug-likeness (QED) is 0.146. The molecular formula is C44H49ClF2N10O3. The summed E-state index contributed by atoms with van der Waals surface area (Å²) in [4.78, 5) is 51.3. The molecule has 4 fully saturated rings. The number of imidazole rings is 1. The molecule has 4 aromatic rings. The minimum absolute atomic E-state index is 0.0389. The van der Waals surface area contributed by atoms with Crippen LogP contribution in [0.3, 0.4) is 0 Å². The summed E-state index contributed by atoms with van der Waals surface area (Å²) in [6, 6.07) is 13.9. The summed E-state index contributed by atoms with van der Waals surface area (Å²) in [6.07, 6.45) is 12.9. The molecular weight excluding hydrogens is 790 g/mol. The molecule has 1 unspecified atom stereocenters. The highest BCUT2D eigenvalue weighted by Crippen LogP contribution is 2.52. The van der Waals surface area contributed by atoms with Crippen molar-refractivity contribution in [2.45, 2.75) is 76.4 Å². The molecule has 5 N–H and O–H groups in total. The maximum atomic E-state index is 16.0. The number of carbonyl (C=O) groups excluding carboxylic acids is 3. The lowest BCUT2D eigenvalue weighted by atomic mass is 9.64. The second-order valence-electron chi connectivity index (χ2n) is 16.9. The number of nitrogens with two attached hydrogens (primary N) is 1. The number of likely N-dealkylation sites (tertiary alicyclic amines) is 1. The van der Waals surface area contributed by atoms with Gasteiger partial charge >= 0.3 is 6.03 Å². The zero-order valence-electron chi connectivity index (χ0n) is 33.5. The maximum Gasteiger partial charge on any atom is 0.328 e. The Balaban J connectivity index is 0.00000148. The second-order valence-corrected chi connectivity index (χ2v) is 17.3. The number of urea groups is 1. The van der Waals surface area contributed by atoms with E-state index in [1.165, 1.54) is 54.1 Å². The van der Waals surface area contributed by atoms with Crippen molar-refractivity contribution in [1.29, 1.82) is 0 Å². The Hall–Kier alpha value is -5.54. The number of halogens is 3. The largest absolute Gasteiger partial charge is 0.385 e. The van der Waals surface area contributed by atoms with Gasteiger partial charge in [-0.25, -0.2) is 23.2 Å². The van der Waals surface area contributed by atoms with E-state index in [2.05, 4.69) is 61.2 Å². The number of nitrogens with zero attached hydrogens (tertiary/aromatic N) is 6. The van der Waals surface area contributed by atoms with Gasteiger partial charge in [-0.05, 0) is 79.0 Å². The highest BCUT2D eigenvalue weighted by molar-refractivity contribution is 6.34. The molecule has 4 amide bonds. The predicted octanol–water partition coefficient (Wildman–Crippen LogP) is 6.60. The third kappa shape index (κ3) is 7.57. The maximum absolute atomic E-state index is 16.0. The lowest BCUT2D eigenvalue weighted by Gasteiger charge is -2.54. The number of aromatic nitrogens is 3. The third-order valence-electron chi connectivity index (χ3n) is 12.7. The molecule has 0 radical (unpaired) electrons. The lowest BCUT2D eigenvalue weighted by Crippen LogP contribution is -2.57. The molecule has 0 bridgehead atoms. The predicted molar refractivity (Wildman–Crippen MR) is 226 cm³/mol. The van der Waals surface area contributed by atoms with Crippen LogP contribution in [0.25, 0.3) is 17.0 Å². The summed E-state index contributed by atoms with van der Waals surface area (Å²) in [7, 11) is 1.82. The number of pyridine rings is 1. The first-order valence-electron chi connectivity index (χ1n) is 20.8. The molecule has 13 nitrogen and oxygen atoms in total. The van der Waals surface area contributed by atoms with Gasteiger partial charge < -0.3 is 16.0 Å². The molecule has 16 heteroatoms. The molecule has 2 saturated heterocycles. The standard InChI is InChI=1S/C41H43ClF2N10O3.C3H6/c1-46-31-18-35(50-54-34(37(45)56)20-48-38(31)54)52-15-11-28-27(3-2-4-32(28)52)30-8-5-24(19-47-30)21-51-22-40(23-51)13-9-25(10-14-40)41(43,44)26-6-7-29(42)33(17-26)53-16-12-36(55)49-39(53)57;1-2-3-1/h2-8,17-20,25,35,46,50H,9-16,21-23H2,1H3,(H2,45,56)(H,49,55,57);1-3H2. The van der Waals surface area contributed by atoms with Crippen LogP contribution in [-0.4, -0.2) is 76.8 Å². The highest BCUT2D eigenvalue weighted by Gasteiger charge is 2.51. The van der Waals surface area contributed by atoms with Gasteiger partial charge in [0.05, 0.1) is 28.3 Å². The van der Waals surface area contributed by atoms with E-state index in [1.807, 2.05) is 19.3 Å². The zero-order chi connectivity index (χ0) is 41.8. The molecule has 2 aromatic heterocycles. The van der Waals surface area contributed by atoms with Crippen molar-refractivity contribution in [1.82, 2.24) is 30.2 Å². The highest BCUT2D eigenvalue weighted by atomic mass is 35.5. The Kier molecular flexibility index (Phi) is 10.5. The number of primary amides is 1. The first-order valence-corrected chi connectivity index (χ1v) is 21.2. The molecule has 6 heterocycles. The van der Waals surface area contributed by atoms with Crippen LogP contribution in [0.15, 0.2) is 67.0 Å². The minimum Gasteiger partial charge on any atom is -0.385 e. The van der Waals surface area contributed by atoms with Gasteiger partial charge in [0.2, 0.25) is 5.91 Å². The summed E-state index contributed by atoms with van der Waals surface area (Å²) in [5.41, 5.74) is 15.6. The molecule has 2 aliphatic carbocycles. The average molecular weight is 839 g/mol. The number of nitrogens with one attached hydrogen (secondary N) is 3. The van der Waals surface area contributed by atoms with Crippen molar-refractivity contribution in [3.05, 3.63) is 100 Å². The van der Waals surface area contributed by atoms with Crippen molar-refractivity contribution in [2.75, 3.05) is 48.5 Å². The van der Waals surface area contributed by atoms with Gasteiger partial charge in [-0.2, -0.15) is 0 Å². The number of rotatable bonds is 9. The van der Waals surface area contributed by atoms with E-state index in [1.54, 1.807) is 4.68 Å². The lowest BCUT2D eigenvalue weighted by molar-refractivity contribution is -0.120. The number of imide groups is 1. The Morgan fingerprint density at radius 3 is 2.47 bits per heavy atom. The molecule has 6 aliphatic rings. The van der Waals surface area contributed by atoms with Crippen molar-refractivity contribution in [2.24, 2.45) is 17.1 Å². The van der Waals surface area contributed by atoms with Crippen LogP contribution in [0.1, 0.15) is 84.4 Å². The van der Waals surface area contributed by atoms with E-state index >= 15 is 8.78 Å². The SMILES string of the molecule is C1CC1.CNC1=CC(N2CCc3c(-c4ccc(CN5CC6(CCC(C(F)(F)c7ccc(Cl)c(N8CCC(=O)NC8=O)c7)CC6)C5)cn4)cccc32)Nn2c(C(N)=O)cnc21. The third-order valence-corrected chi connectivity index (χ3v) is 13.0. The fraction of sp³-hybridized carbons (Fsp3) is 0.432. The van der Waals surface area contributed by atoms with Crippen LogP contribution in [0.5, 0.6) is 0 Å². The Labute approximate surface area is 352 Å². The average Bonchev–Trinajstić information content (AvgIpc) is 3.95. The zero-order valence-corrected chi connectivity index (χ0v) is 34.3. The minimum atomic E-state index is -3.09. The number of hydrogen-bond acceptors (Lipinski definition) is 9. The summed E-state index contributed by atoms with van der Waals surface area (Å²) >= 11 is 6.34. The first kappa shape index (κ1) is 39.9. The van der Waals surface area contributed by atoms with Gasteiger partial charge in [0.15, 0.2) is 5.82 Å². The number of anilines is 2. The van der Waals surface area contributed by atoms with Crippen molar-refractivity contribution < 1.29 is 23.2 Å². The van der Waals surface area contributed by atoms with Gasteiger partial charge in [-0.1, -0.05) is 55.1 Å². The van der Waals surface area contributed by atoms with Gasteiger partial charge in [0, 0.05) is 75.1 Å². The summed E-state index contributed by atoms with van der Waals surface area (Å²) in [6.45, 7) is 3.33. The number of benzene rings is 2. The normalized spacial score (nSPS) is 20.9. The van der Waals surface area contributed by atoms with E-state index < -0.39 is 29.7 Å². The van der Waals surface area contributed by atoms with E-state index in [9.17, 15) is 14.4 Å². The topological polar surface area (TPSA) is 154 Å². The molecule has 2 aromatic carbocycles. The summed E-state index contributed by atoms with van der Waals surface area (Å²) in [5, 5.41) is 5.61.